The van der Waals surface area contributed by atoms with Crippen LogP contribution < -0.4 is 5.32 Å². The molecule has 1 saturated heterocycles. The number of esters is 1. The van der Waals surface area contributed by atoms with Gasteiger partial charge in [-0.05, 0) is 116 Å². The summed E-state index contributed by atoms with van der Waals surface area (Å²) in [4.78, 5) is 26.7. The number of carbonyl (C=O) groups is 2. The fourth-order valence-corrected chi connectivity index (χ4v) is 10.5. The lowest BCUT2D eigenvalue weighted by molar-refractivity contribution is -0.305. The van der Waals surface area contributed by atoms with Gasteiger partial charge in [0.2, 0.25) is 5.91 Å². The zero-order valence-corrected chi connectivity index (χ0v) is 56.1. The number of ether oxygens (including phenoxy) is 3. The van der Waals surface area contributed by atoms with Gasteiger partial charge >= 0.3 is 5.97 Å². The quantitative estimate of drug-likeness (QED) is 0.0195. The Morgan fingerprint density at radius 1 is 0.455 bits per heavy atom. The van der Waals surface area contributed by atoms with Gasteiger partial charge in [-0.25, -0.2) is 0 Å². The monoisotopic (exact) mass is 1230 g/mol. The van der Waals surface area contributed by atoms with E-state index in [0.29, 0.717) is 12.8 Å². The Morgan fingerprint density at radius 2 is 0.818 bits per heavy atom. The largest absolute Gasteiger partial charge is 0.454 e. The molecule has 1 aliphatic heterocycles. The summed E-state index contributed by atoms with van der Waals surface area (Å²) in [7, 11) is 0. The second-order valence-electron chi connectivity index (χ2n) is 24.2. The summed E-state index contributed by atoms with van der Waals surface area (Å²) in [5.74, 6) is -1.22. The smallest absolute Gasteiger partial charge is 0.306 e. The summed E-state index contributed by atoms with van der Waals surface area (Å²) in [6.45, 7) is 5.65. The minimum absolute atomic E-state index is 0.0995. The van der Waals surface area contributed by atoms with E-state index in [-0.39, 0.29) is 19.4 Å². The van der Waals surface area contributed by atoms with E-state index in [1.165, 1.54) is 109 Å². The second kappa shape index (κ2) is 63.2. The number of unbranched alkanes of at least 4 members (excludes halogenated alkanes) is 28. The van der Waals surface area contributed by atoms with E-state index < -0.39 is 67.4 Å². The average molecular weight is 1230 g/mol. The third-order valence-corrected chi connectivity index (χ3v) is 16.1. The van der Waals surface area contributed by atoms with Crippen molar-refractivity contribution in [3.63, 3.8) is 0 Å². The van der Waals surface area contributed by atoms with Crippen LogP contribution in [0.5, 0.6) is 0 Å². The van der Waals surface area contributed by atoms with Crippen molar-refractivity contribution in [1.82, 2.24) is 5.32 Å². The van der Waals surface area contributed by atoms with Crippen LogP contribution in [0.25, 0.3) is 0 Å². The van der Waals surface area contributed by atoms with Crippen LogP contribution in [0.3, 0.4) is 0 Å². The Bertz CT molecular complexity index is 1900. The van der Waals surface area contributed by atoms with E-state index in [2.05, 4.69) is 135 Å². The molecule has 1 amide bonds. The number of amides is 1. The molecule has 0 saturated carbocycles. The zero-order chi connectivity index (χ0) is 63.9. The van der Waals surface area contributed by atoms with Crippen molar-refractivity contribution in [2.75, 3.05) is 13.2 Å². The molecule has 0 aromatic heterocycles. The molecule has 0 bridgehead atoms. The number of aliphatic hydroxyl groups excluding tert-OH is 5. The van der Waals surface area contributed by atoms with Crippen LogP contribution in [0.15, 0.2) is 122 Å². The van der Waals surface area contributed by atoms with Crippen LogP contribution in [0.4, 0.5) is 0 Å². The topological polar surface area (TPSA) is 175 Å². The maximum absolute atomic E-state index is 13.5. The maximum atomic E-state index is 13.5. The van der Waals surface area contributed by atoms with E-state index in [0.717, 1.165) is 135 Å². The molecule has 1 heterocycles. The highest BCUT2D eigenvalue weighted by atomic mass is 16.7. The predicted molar refractivity (Wildman–Crippen MR) is 370 cm³/mol. The molecule has 1 rings (SSSR count). The highest BCUT2D eigenvalue weighted by molar-refractivity contribution is 5.80. The molecule has 0 spiro atoms. The van der Waals surface area contributed by atoms with E-state index in [9.17, 15) is 35.1 Å². The highest BCUT2D eigenvalue weighted by Gasteiger charge is 2.47. The van der Waals surface area contributed by atoms with Crippen LogP contribution >= 0.6 is 0 Å². The Kier molecular flexibility index (Phi) is 59.0. The first-order chi connectivity index (χ1) is 43.2. The lowest BCUT2D eigenvalue weighted by Crippen LogP contribution is -2.61. The number of aliphatic hydroxyl groups is 5. The van der Waals surface area contributed by atoms with Gasteiger partial charge in [-0.1, -0.05) is 290 Å². The standard InChI is InChI=1S/C77H131NO10/c1-4-7-10-13-16-19-22-25-27-29-31-33-35-36-37-39-41-43-45-47-50-53-56-59-62-65-72(82)88-75-74(84)73(83)71(66-79)87-77(75)86-67-68(69(80)63-60-57-54-51-48-24-21-18-15-12-9-6-3)78-76(85)70(81)64-61-58-55-52-49-46-44-42-40-38-34-32-30-28-26-23-20-17-14-11-8-5-2/h7,10,16-17,19-20,25-28,31-34,36-37,41,43,60,63,68-71,73-75,77,79-81,83-84H,4-6,8-9,11-15,18,21-24,29-30,35,38-40,42,44-59,61-62,64-67H2,1-3H3,(H,78,85)/b10-7-,19-16-,20-17-,27-25-,28-26-,33-31-,34-32-,37-36-,43-41-,63-60+. The van der Waals surface area contributed by atoms with E-state index in [1.54, 1.807) is 6.08 Å². The summed E-state index contributed by atoms with van der Waals surface area (Å²) < 4.78 is 17.7. The first-order valence-corrected chi connectivity index (χ1v) is 35.8. The molecule has 8 unspecified atom stereocenters. The first kappa shape index (κ1) is 82.1. The number of carbonyl (C=O) groups excluding carboxylic acids is 2. The summed E-state index contributed by atoms with van der Waals surface area (Å²) in [5.41, 5.74) is 0. The molecule has 0 aromatic rings. The summed E-state index contributed by atoms with van der Waals surface area (Å²) >= 11 is 0. The Labute approximate surface area is 538 Å². The summed E-state index contributed by atoms with van der Waals surface area (Å²) in [5, 5.41) is 57.3. The van der Waals surface area contributed by atoms with Gasteiger partial charge in [-0.3, -0.25) is 9.59 Å². The molecule has 504 valence electrons. The molecular weight excluding hydrogens is 1100 g/mol. The average Bonchev–Trinajstić information content (AvgIpc) is 2.54. The minimum atomic E-state index is -1.63. The van der Waals surface area contributed by atoms with Crippen molar-refractivity contribution < 1.29 is 49.3 Å². The molecule has 1 aliphatic rings. The predicted octanol–water partition coefficient (Wildman–Crippen LogP) is 18.6. The van der Waals surface area contributed by atoms with Gasteiger partial charge in [0.15, 0.2) is 12.4 Å². The molecular formula is C77H131NO10. The number of allylic oxidation sites excluding steroid dienone is 19. The highest BCUT2D eigenvalue weighted by Crippen LogP contribution is 2.26. The maximum Gasteiger partial charge on any atom is 0.306 e. The number of nitrogens with one attached hydrogen (secondary N) is 1. The lowest BCUT2D eigenvalue weighted by atomic mass is 9.99. The fraction of sp³-hybridized carbons (Fsp3) is 0.714. The number of rotatable bonds is 60. The van der Waals surface area contributed by atoms with Gasteiger partial charge in [-0.15, -0.1) is 0 Å². The first-order valence-electron chi connectivity index (χ1n) is 35.8. The van der Waals surface area contributed by atoms with Crippen molar-refractivity contribution in [3.8, 4) is 0 Å². The number of hydrogen-bond donors (Lipinski definition) is 6. The van der Waals surface area contributed by atoms with E-state index in [4.69, 9.17) is 14.2 Å². The molecule has 0 aromatic carbocycles. The summed E-state index contributed by atoms with van der Waals surface area (Å²) in [6, 6.07) is -1.04. The normalized spacial score (nSPS) is 18.9. The third-order valence-electron chi connectivity index (χ3n) is 16.1. The Hall–Kier alpha value is -3.94. The Morgan fingerprint density at radius 3 is 1.25 bits per heavy atom. The van der Waals surface area contributed by atoms with Crippen LogP contribution in [-0.2, 0) is 23.8 Å². The molecule has 1 fully saturated rings. The fourth-order valence-electron chi connectivity index (χ4n) is 10.5. The second-order valence-corrected chi connectivity index (χ2v) is 24.2. The summed E-state index contributed by atoms with van der Waals surface area (Å²) in [6.07, 6.45) is 78.0. The van der Waals surface area contributed by atoms with Crippen molar-refractivity contribution in [2.24, 2.45) is 0 Å². The van der Waals surface area contributed by atoms with Crippen LogP contribution in [0.1, 0.15) is 290 Å². The van der Waals surface area contributed by atoms with Crippen LogP contribution in [0, 0.1) is 0 Å². The molecule has 11 heteroatoms. The van der Waals surface area contributed by atoms with Crippen molar-refractivity contribution in [1.29, 1.82) is 0 Å². The molecule has 0 aliphatic carbocycles. The van der Waals surface area contributed by atoms with Crippen LogP contribution in [0.2, 0.25) is 0 Å². The van der Waals surface area contributed by atoms with Crippen LogP contribution in [-0.4, -0.2) is 99.6 Å². The zero-order valence-electron chi connectivity index (χ0n) is 56.1. The number of hydrogen-bond acceptors (Lipinski definition) is 10. The molecule has 6 N–H and O–H groups in total. The van der Waals surface area contributed by atoms with E-state index in [1.807, 2.05) is 6.08 Å². The van der Waals surface area contributed by atoms with Crippen molar-refractivity contribution in [2.45, 2.75) is 339 Å². The van der Waals surface area contributed by atoms with Crippen molar-refractivity contribution in [3.05, 3.63) is 122 Å². The van der Waals surface area contributed by atoms with Gasteiger partial charge in [0.1, 0.15) is 24.4 Å². The Balaban J connectivity index is 2.60. The lowest BCUT2D eigenvalue weighted by Gasteiger charge is -2.41. The minimum Gasteiger partial charge on any atom is -0.454 e. The van der Waals surface area contributed by atoms with Gasteiger partial charge in [0.05, 0.1) is 25.4 Å². The molecule has 11 nitrogen and oxygen atoms in total. The van der Waals surface area contributed by atoms with Gasteiger partial charge in [0.25, 0.3) is 0 Å². The van der Waals surface area contributed by atoms with Gasteiger partial charge in [-0.2, -0.15) is 0 Å². The van der Waals surface area contributed by atoms with E-state index >= 15 is 0 Å². The molecule has 88 heavy (non-hydrogen) atoms. The van der Waals surface area contributed by atoms with Gasteiger partial charge in [0, 0.05) is 6.42 Å². The third kappa shape index (κ3) is 49.8. The van der Waals surface area contributed by atoms with Crippen molar-refractivity contribution >= 4 is 11.9 Å². The van der Waals surface area contributed by atoms with Gasteiger partial charge < -0.3 is 45.1 Å². The molecule has 0 radical (unpaired) electrons. The SMILES string of the molecule is CC/C=C\C/C=C\C/C=C\C/C=C\C/C=C\C/C=C\CCCCCCCCC(=O)OC1C(OCC(NC(=O)C(O)CCCCCCCCCCC/C=C\C/C=C\C/C=C\CCCCC)C(O)/C=C/CCCCCCCCCCCC)OC(CO)C(O)C1O. The molecule has 8 atom stereocenters.